The third kappa shape index (κ3) is 1.93. The van der Waals surface area contributed by atoms with Crippen molar-refractivity contribution in [3.63, 3.8) is 0 Å². The average molecular weight is 141 g/mol. The first-order valence-corrected chi connectivity index (χ1v) is 3.68. The molecule has 1 aromatic heterocycles. The number of carbonyl (C=O) groups excluding carboxylic acids is 1. The largest absolute Gasteiger partial charge is 0.303 e. The van der Waals surface area contributed by atoms with Crippen molar-refractivity contribution in [2.75, 3.05) is 0 Å². The van der Waals surface area contributed by atoms with Crippen molar-refractivity contribution in [1.82, 2.24) is 4.98 Å². The fourth-order valence-corrected chi connectivity index (χ4v) is 1.16. The molecule has 9 heavy (non-hydrogen) atoms. The minimum absolute atomic E-state index is 0.587. The van der Waals surface area contributed by atoms with Gasteiger partial charge in [0.1, 0.15) is 6.29 Å². The molecule has 0 amide bonds. The Hall–Kier alpha value is -0.700. The Labute approximate surface area is 57.5 Å². The van der Waals surface area contributed by atoms with Gasteiger partial charge in [-0.1, -0.05) is 0 Å². The smallest absolute Gasteiger partial charge is 0.120 e. The Morgan fingerprint density at radius 3 is 3.22 bits per heavy atom. The molecule has 48 valence electrons. The van der Waals surface area contributed by atoms with Gasteiger partial charge in [0.15, 0.2) is 0 Å². The van der Waals surface area contributed by atoms with Crippen LogP contribution in [0, 0.1) is 0 Å². The molecule has 1 aromatic rings. The van der Waals surface area contributed by atoms with Crippen LogP contribution in [0.15, 0.2) is 10.9 Å². The molecule has 1 rings (SSSR count). The fraction of sp³-hybridized carbons (Fsp3) is 0.333. The molecule has 0 N–H and O–H groups in total. The van der Waals surface area contributed by atoms with E-state index in [2.05, 4.69) is 4.98 Å². The zero-order chi connectivity index (χ0) is 6.53. The molecule has 0 aliphatic heterocycles. The molecule has 2 nitrogen and oxygen atoms in total. The number of hydrogen-bond acceptors (Lipinski definition) is 3. The van der Waals surface area contributed by atoms with Crippen molar-refractivity contribution in [2.24, 2.45) is 0 Å². The van der Waals surface area contributed by atoms with Crippen LogP contribution in [-0.2, 0) is 11.2 Å². The summed E-state index contributed by atoms with van der Waals surface area (Å²) >= 11 is 1.56. The number of carbonyl (C=O) groups is 1. The summed E-state index contributed by atoms with van der Waals surface area (Å²) in [4.78, 5) is 13.9. The molecule has 0 saturated heterocycles. The summed E-state index contributed by atoms with van der Waals surface area (Å²) in [5.74, 6) is 0. The quantitative estimate of drug-likeness (QED) is 0.593. The van der Waals surface area contributed by atoms with Gasteiger partial charge in [-0.25, -0.2) is 4.98 Å². The molecule has 0 aliphatic carbocycles. The summed E-state index contributed by atoms with van der Waals surface area (Å²) in [5.41, 5.74) is 2.80. The number of rotatable bonds is 3. The summed E-state index contributed by atoms with van der Waals surface area (Å²) in [6.07, 6.45) is 2.29. The van der Waals surface area contributed by atoms with Gasteiger partial charge in [0.05, 0.1) is 11.2 Å². The SMILES string of the molecule is O=CCCc1cscn1. The van der Waals surface area contributed by atoms with Crippen LogP contribution in [0.25, 0.3) is 0 Å². The minimum atomic E-state index is 0.587. The van der Waals surface area contributed by atoms with Gasteiger partial charge in [-0.15, -0.1) is 11.3 Å². The molecule has 0 aliphatic rings. The summed E-state index contributed by atoms with van der Waals surface area (Å²) in [6.45, 7) is 0. The van der Waals surface area contributed by atoms with Crippen molar-refractivity contribution >= 4 is 17.6 Å². The zero-order valence-electron chi connectivity index (χ0n) is 4.91. The molecule has 0 spiro atoms. The molecule has 0 radical (unpaired) electrons. The molecule has 3 heteroatoms. The van der Waals surface area contributed by atoms with E-state index in [0.717, 1.165) is 18.4 Å². The predicted octanol–water partition coefficient (Wildman–Crippen LogP) is 1.27. The highest BCUT2D eigenvalue weighted by Crippen LogP contribution is 2.02. The standard InChI is InChI=1S/C6H7NOS/c8-3-1-2-6-4-9-5-7-6/h3-5H,1-2H2. The third-order valence-electron chi connectivity index (χ3n) is 1.00. The Morgan fingerprint density at radius 2 is 2.67 bits per heavy atom. The van der Waals surface area contributed by atoms with E-state index in [1.165, 1.54) is 0 Å². The van der Waals surface area contributed by atoms with E-state index in [0.29, 0.717) is 6.42 Å². The first kappa shape index (κ1) is 6.42. The monoisotopic (exact) mass is 141 g/mol. The zero-order valence-corrected chi connectivity index (χ0v) is 5.73. The van der Waals surface area contributed by atoms with Gasteiger partial charge in [0.25, 0.3) is 0 Å². The summed E-state index contributed by atoms with van der Waals surface area (Å²) < 4.78 is 0. The minimum Gasteiger partial charge on any atom is -0.303 e. The topological polar surface area (TPSA) is 30.0 Å². The maximum absolute atomic E-state index is 9.88. The Morgan fingerprint density at radius 1 is 1.78 bits per heavy atom. The van der Waals surface area contributed by atoms with Crippen LogP contribution in [0.1, 0.15) is 12.1 Å². The highest BCUT2D eigenvalue weighted by Gasteiger charge is 1.91. The molecule has 0 aromatic carbocycles. The molecule has 0 saturated carbocycles. The Kier molecular flexibility index (Phi) is 2.39. The van der Waals surface area contributed by atoms with E-state index in [-0.39, 0.29) is 0 Å². The highest BCUT2D eigenvalue weighted by atomic mass is 32.1. The number of thiazole rings is 1. The maximum atomic E-state index is 9.88. The lowest BCUT2D eigenvalue weighted by molar-refractivity contribution is -0.107. The van der Waals surface area contributed by atoms with Gasteiger partial charge in [0, 0.05) is 11.8 Å². The summed E-state index contributed by atoms with van der Waals surface area (Å²) in [6, 6.07) is 0. The van der Waals surface area contributed by atoms with Gasteiger partial charge in [-0.3, -0.25) is 0 Å². The van der Waals surface area contributed by atoms with Gasteiger partial charge in [-0.2, -0.15) is 0 Å². The Bertz CT molecular complexity index is 171. The van der Waals surface area contributed by atoms with Crippen molar-refractivity contribution in [3.8, 4) is 0 Å². The Balaban J connectivity index is 2.38. The normalized spacial score (nSPS) is 9.33. The highest BCUT2D eigenvalue weighted by molar-refractivity contribution is 7.07. The van der Waals surface area contributed by atoms with E-state index in [1.54, 1.807) is 16.8 Å². The van der Waals surface area contributed by atoms with Crippen LogP contribution in [0.5, 0.6) is 0 Å². The summed E-state index contributed by atoms with van der Waals surface area (Å²) in [7, 11) is 0. The van der Waals surface area contributed by atoms with Crippen molar-refractivity contribution in [3.05, 3.63) is 16.6 Å². The predicted molar refractivity (Wildman–Crippen MR) is 36.5 cm³/mol. The van der Waals surface area contributed by atoms with Crippen LogP contribution in [0.2, 0.25) is 0 Å². The van der Waals surface area contributed by atoms with Gasteiger partial charge < -0.3 is 4.79 Å². The third-order valence-corrected chi connectivity index (χ3v) is 1.64. The van der Waals surface area contributed by atoms with Gasteiger partial charge in [-0.05, 0) is 6.42 Å². The van der Waals surface area contributed by atoms with Crippen LogP contribution in [-0.4, -0.2) is 11.3 Å². The summed E-state index contributed by atoms with van der Waals surface area (Å²) in [5, 5.41) is 1.96. The van der Waals surface area contributed by atoms with E-state index in [1.807, 2.05) is 5.38 Å². The van der Waals surface area contributed by atoms with E-state index >= 15 is 0 Å². The molecule has 1 heterocycles. The number of hydrogen-bond donors (Lipinski definition) is 0. The van der Waals surface area contributed by atoms with Gasteiger partial charge in [0.2, 0.25) is 0 Å². The fourth-order valence-electron chi connectivity index (χ4n) is 0.568. The van der Waals surface area contributed by atoms with E-state index < -0.39 is 0 Å². The average Bonchev–Trinajstić information content (AvgIpc) is 2.34. The first-order valence-electron chi connectivity index (χ1n) is 2.74. The first-order chi connectivity index (χ1) is 4.43. The van der Waals surface area contributed by atoms with Crippen molar-refractivity contribution in [2.45, 2.75) is 12.8 Å². The molecule has 0 unspecified atom stereocenters. The second-order valence-electron chi connectivity index (χ2n) is 1.69. The van der Waals surface area contributed by atoms with Crippen LogP contribution < -0.4 is 0 Å². The van der Waals surface area contributed by atoms with Gasteiger partial charge >= 0.3 is 0 Å². The van der Waals surface area contributed by atoms with Crippen LogP contribution in [0.4, 0.5) is 0 Å². The lowest BCUT2D eigenvalue weighted by atomic mass is 10.3. The molecule has 0 atom stereocenters. The number of aryl methyl sites for hydroxylation is 1. The molecule has 0 bridgehead atoms. The van der Waals surface area contributed by atoms with Crippen LogP contribution in [0.3, 0.4) is 0 Å². The van der Waals surface area contributed by atoms with Crippen molar-refractivity contribution in [1.29, 1.82) is 0 Å². The lowest BCUT2D eigenvalue weighted by Crippen LogP contribution is -1.83. The molecule has 0 fully saturated rings. The van der Waals surface area contributed by atoms with E-state index in [4.69, 9.17) is 0 Å². The second kappa shape index (κ2) is 3.35. The maximum Gasteiger partial charge on any atom is 0.120 e. The molecular weight excluding hydrogens is 134 g/mol. The number of aromatic nitrogens is 1. The second-order valence-corrected chi connectivity index (χ2v) is 2.40. The number of nitrogens with zero attached hydrogens (tertiary/aromatic N) is 1. The van der Waals surface area contributed by atoms with Crippen LogP contribution >= 0.6 is 11.3 Å². The van der Waals surface area contributed by atoms with E-state index in [9.17, 15) is 4.79 Å². The lowest BCUT2D eigenvalue weighted by Gasteiger charge is -1.84. The molecular formula is C6H7NOS. The number of aldehydes is 1. The van der Waals surface area contributed by atoms with Crippen molar-refractivity contribution < 1.29 is 4.79 Å².